The first-order valence-corrected chi connectivity index (χ1v) is 8.47. The predicted molar refractivity (Wildman–Crippen MR) is 95.1 cm³/mol. The highest BCUT2D eigenvalue weighted by Crippen LogP contribution is 2.22. The van der Waals surface area contributed by atoms with Gasteiger partial charge in [-0.05, 0) is 36.9 Å². The molecule has 0 aliphatic carbocycles. The van der Waals surface area contributed by atoms with Crippen molar-refractivity contribution < 1.29 is 9.53 Å². The summed E-state index contributed by atoms with van der Waals surface area (Å²) in [5, 5.41) is 0. The van der Waals surface area contributed by atoms with Crippen LogP contribution in [0.4, 0.5) is 0 Å². The van der Waals surface area contributed by atoms with Gasteiger partial charge in [0.2, 0.25) is 5.91 Å². The molecule has 1 heterocycles. The number of benzene rings is 1. The molecule has 0 bridgehead atoms. The third-order valence-corrected chi connectivity index (χ3v) is 4.66. The second-order valence-corrected chi connectivity index (χ2v) is 7.28. The van der Waals surface area contributed by atoms with Crippen molar-refractivity contribution in [2.45, 2.75) is 13.1 Å². The molecule has 1 aromatic carbocycles. The zero-order chi connectivity index (χ0) is 16.8. The molecule has 4 nitrogen and oxygen atoms in total. The third-order valence-electron chi connectivity index (χ3n) is 3.44. The Bertz CT molecular complexity index is 660. The van der Waals surface area contributed by atoms with E-state index < -0.39 is 0 Å². The molecule has 0 saturated carbocycles. The average molecular weight is 353 g/mol. The van der Waals surface area contributed by atoms with Gasteiger partial charge in [0, 0.05) is 25.0 Å². The lowest BCUT2D eigenvalue weighted by molar-refractivity contribution is -0.131. The van der Waals surface area contributed by atoms with Crippen LogP contribution < -0.4 is 4.74 Å². The zero-order valence-corrected chi connectivity index (χ0v) is 15.2. The van der Waals surface area contributed by atoms with Gasteiger partial charge in [-0.25, -0.2) is 0 Å². The lowest BCUT2D eigenvalue weighted by atomic mass is 10.2. The summed E-state index contributed by atoms with van der Waals surface area (Å²) in [7, 11) is 5.39. The number of carbonyl (C=O) groups is 1. The van der Waals surface area contributed by atoms with Crippen LogP contribution in [0.15, 0.2) is 36.4 Å². The first-order valence-electron chi connectivity index (χ1n) is 7.27. The molecule has 0 fully saturated rings. The fourth-order valence-corrected chi connectivity index (χ4v) is 3.41. The third kappa shape index (κ3) is 5.53. The summed E-state index contributed by atoms with van der Waals surface area (Å²) in [5.41, 5.74) is 1.05. The van der Waals surface area contributed by atoms with Gasteiger partial charge in [0.25, 0.3) is 0 Å². The Labute approximate surface area is 146 Å². The van der Waals surface area contributed by atoms with Crippen molar-refractivity contribution in [1.29, 1.82) is 0 Å². The van der Waals surface area contributed by atoms with Crippen LogP contribution in [0, 0.1) is 0 Å². The summed E-state index contributed by atoms with van der Waals surface area (Å²) < 4.78 is 5.98. The summed E-state index contributed by atoms with van der Waals surface area (Å²) >= 11 is 7.47. The number of carbonyl (C=O) groups excluding carboxylic acids is 1. The SMILES string of the molecule is COc1cccc(CN(C)C(=O)CN(C)Cc2ccc(Cl)s2)c1. The standard InChI is InChI=1S/C17H21ClN2O2S/c1-19(11-15-7-8-16(18)23-15)12-17(21)20(2)10-13-5-4-6-14(9-13)22-3/h4-9H,10-12H2,1-3H3. The molecule has 2 aromatic rings. The molecule has 0 unspecified atom stereocenters. The Hall–Kier alpha value is -1.56. The summed E-state index contributed by atoms with van der Waals surface area (Å²) in [4.78, 5) is 17.2. The maximum Gasteiger partial charge on any atom is 0.236 e. The maximum absolute atomic E-state index is 12.3. The highest BCUT2D eigenvalue weighted by Gasteiger charge is 2.13. The smallest absolute Gasteiger partial charge is 0.236 e. The molecule has 0 atom stereocenters. The minimum absolute atomic E-state index is 0.0815. The van der Waals surface area contributed by atoms with Crippen LogP contribution in [0.3, 0.4) is 0 Å². The lowest BCUT2D eigenvalue weighted by Crippen LogP contribution is -2.35. The van der Waals surface area contributed by atoms with Crippen LogP contribution in [-0.4, -0.2) is 43.5 Å². The van der Waals surface area contributed by atoms with Crippen molar-refractivity contribution >= 4 is 28.8 Å². The molecule has 1 aromatic heterocycles. The van der Waals surface area contributed by atoms with Crippen molar-refractivity contribution in [3.63, 3.8) is 0 Å². The molecular formula is C17H21ClN2O2S. The lowest BCUT2D eigenvalue weighted by Gasteiger charge is -2.21. The molecule has 23 heavy (non-hydrogen) atoms. The first kappa shape index (κ1) is 17.8. The summed E-state index contributed by atoms with van der Waals surface area (Å²) in [6.45, 7) is 1.65. The number of hydrogen-bond donors (Lipinski definition) is 0. The molecule has 1 amide bonds. The number of rotatable bonds is 7. The van der Waals surface area contributed by atoms with Crippen LogP contribution in [0.2, 0.25) is 4.34 Å². The van der Waals surface area contributed by atoms with Gasteiger partial charge in [-0.3, -0.25) is 9.69 Å². The van der Waals surface area contributed by atoms with E-state index in [0.717, 1.165) is 27.1 Å². The normalized spacial score (nSPS) is 10.8. The van der Waals surface area contributed by atoms with Gasteiger partial charge in [0.1, 0.15) is 5.75 Å². The van der Waals surface area contributed by atoms with Crippen LogP contribution in [-0.2, 0) is 17.9 Å². The molecule has 0 aliphatic rings. The molecule has 0 aliphatic heterocycles. The number of thiophene rings is 1. The Morgan fingerprint density at radius 3 is 2.65 bits per heavy atom. The summed E-state index contributed by atoms with van der Waals surface area (Å²) in [6, 6.07) is 11.6. The summed E-state index contributed by atoms with van der Waals surface area (Å²) in [5.74, 6) is 0.882. The Kier molecular flexibility index (Phi) is 6.45. The van der Waals surface area contributed by atoms with E-state index in [1.165, 1.54) is 0 Å². The molecule has 0 N–H and O–H groups in total. The van der Waals surface area contributed by atoms with Gasteiger partial charge in [0.15, 0.2) is 0 Å². The van der Waals surface area contributed by atoms with Gasteiger partial charge in [-0.1, -0.05) is 23.7 Å². The minimum Gasteiger partial charge on any atom is -0.497 e. The maximum atomic E-state index is 12.3. The topological polar surface area (TPSA) is 32.8 Å². The van der Waals surface area contributed by atoms with Crippen molar-refractivity contribution in [2.75, 3.05) is 27.7 Å². The van der Waals surface area contributed by atoms with E-state index in [4.69, 9.17) is 16.3 Å². The fraction of sp³-hybridized carbons (Fsp3) is 0.353. The average Bonchev–Trinajstić information content (AvgIpc) is 2.92. The summed E-state index contributed by atoms with van der Waals surface area (Å²) in [6.07, 6.45) is 0. The number of hydrogen-bond acceptors (Lipinski definition) is 4. The molecule has 6 heteroatoms. The molecule has 0 spiro atoms. The van der Waals surface area contributed by atoms with Crippen LogP contribution in [0.1, 0.15) is 10.4 Å². The second-order valence-electron chi connectivity index (χ2n) is 5.48. The number of methoxy groups -OCH3 is 1. The number of halogens is 1. The van der Waals surface area contributed by atoms with Crippen molar-refractivity contribution in [2.24, 2.45) is 0 Å². The Balaban J connectivity index is 1.86. The van der Waals surface area contributed by atoms with Crippen LogP contribution in [0.5, 0.6) is 5.75 Å². The van der Waals surface area contributed by atoms with E-state index in [1.54, 1.807) is 23.3 Å². The van der Waals surface area contributed by atoms with E-state index >= 15 is 0 Å². The van der Waals surface area contributed by atoms with Crippen molar-refractivity contribution in [1.82, 2.24) is 9.80 Å². The largest absolute Gasteiger partial charge is 0.497 e. The number of ether oxygens (including phenoxy) is 1. The number of nitrogens with zero attached hydrogens (tertiary/aromatic N) is 2. The van der Waals surface area contributed by atoms with E-state index in [-0.39, 0.29) is 5.91 Å². The van der Waals surface area contributed by atoms with Gasteiger partial charge in [0.05, 0.1) is 18.0 Å². The molecule has 0 saturated heterocycles. The molecule has 124 valence electrons. The number of likely N-dealkylation sites (N-methyl/N-ethyl adjacent to an activating group) is 2. The Morgan fingerprint density at radius 1 is 1.22 bits per heavy atom. The molecule has 2 rings (SSSR count). The van der Waals surface area contributed by atoms with Gasteiger partial charge in [-0.15, -0.1) is 11.3 Å². The zero-order valence-electron chi connectivity index (χ0n) is 13.6. The fourth-order valence-electron chi connectivity index (χ4n) is 2.24. The van der Waals surface area contributed by atoms with Gasteiger partial charge >= 0.3 is 0 Å². The van der Waals surface area contributed by atoms with Gasteiger partial charge < -0.3 is 9.64 Å². The minimum atomic E-state index is 0.0815. The monoisotopic (exact) mass is 352 g/mol. The van der Waals surface area contributed by atoms with Crippen molar-refractivity contribution in [3.8, 4) is 5.75 Å². The number of amides is 1. The Morgan fingerprint density at radius 2 is 2.00 bits per heavy atom. The van der Waals surface area contributed by atoms with Gasteiger partial charge in [-0.2, -0.15) is 0 Å². The van der Waals surface area contributed by atoms with Crippen LogP contribution >= 0.6 is 22.9 Å². The van der Waals surface area contributed by atoms with E-state index in [2.05, 4.69) is 0 Å². The van der Waals surface area contributed by atoms with E-state index in [0.29, 0.717) is 13.1 Å². The molecular weight excluding hydrogens is 332 g/mol. The predicted octanol–water partition coefficient (Wildman–Crippen LogP) is 3.50. The van der Waals surface area contributed by atoms with Crippen molar-refractivity contribution in [3.05, 3.63) is 51.2 Å². The first-order chi connectivity index (χ1) is 11.0. The molecule has 0 radical (unpaired) electrons. The second kappa shape index (κ2) is 8.34. The van der Waals surface area contributed by atoms with E-state index in [9.17, 15) is 4.79 Å². The van der Waals surface area contributed by atoms with E-state index in [1.807, 2.05) is 55.4 Å². The quantitative estimate of drug-likeness (QED) is 0.764. The van der Waals surface area contributed by atoms with Crippen LogP contribution in [0.25, 0.3) is 0 Å². The highest BCUT2D eigenvalue weighted by atomic mass is 35.5. The highest BCUT2D eigenvalue weighted by molar-refractivity contribution is 7.16.